The summed E-state index contributed by atoms with van der Waals surface area (Å²) in [5.74, 6) is 0.121. The van der Waals surface area contributed by atoms with E-state index in [1.165, 1.54) is 18.5 Å². The van der Waals surface area contributed by atoms with Crippen LogP contribution < -0.4 is 9.47 Å². The van der Waals surface area contributed by atoms with E-state index in [1.807, 2.05) is 30.3 Å². The van der Waals surface area contributed by atoms with Crippen LogP contribution in [0.15, 0.2) is 60.9 Å². The number of ether oxygens (including phenoxy) is 3. The van der Waals surface area contributed by atoms with Crippen molar-refractivity contribution in [1.29, 1.82) is 0 Å². The summed E-state index contributed by atoms with van der Waals surface area (Å²) in [4.78, 5) is 19.7. The van der Waals surface area contributed by atoms with Gasteiger partial charge in [-0.05, 0) is 67.0 Å². The Morgan fingerprint density at radius 3 is 2.48 bits per heavy atom. The molecule has 1 saturated carbocycles. The zero-order valence-electron chi connectivity index (χ0n) is 21.8. The Labute approximate surface area is 242 Å². The van der Waals surface area contributed by atoms with Crippen molar-refractivity contribution >= 4 is 29.2 Å². The zero-order chi connectivity index (χ0) is 28.1. The van der Waals surface area contributed by atoms with Crippen LogP contribution in [-0.4, -0.2) is 41.7 Å². The average Bonchev–Trinajstić information content (AvgIpc) is 3.65. The molecular weight excluding hydrogens is 561 g/mol. The lowest BCUT2D eigenvalue weighted by Gasteiger charge is -2.27. The fourth-order valence-corrected chi connectivity index (χ4v) is 5.41. The van der Waals surface area contributed by atoms with Crippen molar-refractivity contribution in [3.05, 3.63) is 87.7 Å². The monoisotopic (exact) mass is 590 g/mol. The van der Waals surface area contributed by atoms with Crippen LogP contribution >= 0.6 is 23.2 Å². The van der Waals surface area contributed by atoms with Crippen LogP contribution in [0.25, 0.3) is 0 Å². The molecule has 2 unspecified atom stereocenters. The van der Waals surface area contributed by atoms with Gasteiger partial charge in [0.05, 0.1) is 16.7 Å². The van der Waals surface area contributed by atoms with Crippen molar-refractivity contribution in [3.8, 4) is 11.5 Å². The molecule has 10 heteroatoms. The maximum Gasteiger partial charge on any atom is 0.387 e. The van der Waals surface area contributed by atoms with Crippen molar-refractivity contribution in [2.45, 2.75) is 57.4 Å². The molecule has 0 N–H and O–H groups in total. The molecule has 40 heavy (non-hydrogen) atoms. The van der Waals surface area contributed by atoms with Crippen LogP contribution in [0.3, 0.4) is 0 Å². The molecule has 6 nitrogen and oxygen atoms in total. The molecule has 0 amide bonds. The SMILES string of the molecule is O=C(OC(Cc1c(Cl)cncc1Cl)c1ccc(OC(F)F)c(OCC2CC2)c1)C1CCCN1Cc1ccccc1. The Balaban J connectivity index is 1.42. The van der Waals surface area contributed by atoms with Crippen LogP contribution in [0.2, 0.25) is 10.0 Å². The average molecular weight is 591 g/mol. The van der Waals surface area contributed by atoms with Gasteiger partial charge >= 0.3 is 12.6 Å². The number of halogens is 4. The Bertz CT molecular complexity index is 1290. The lowest BCUT2D eigenvalue weighted by atomic mass is 10.0. The molecule has 5 rings (SSSR count). The highest BCUT2D eigenvalue weighted by Crippen LogP contribution is 2.38. The molecule has 3 aromatic rings. The normalized spacial score (nSPS) is 18.1. The molecule has 2 aliphatic rings. The van der Waals surface area contributed by atoms with Gasteiger partial charge in [-0.1, -0.05) is 59.6 Å². The van der Waals surface area contributed by atoms with E-state index in [-0.39, 0.29) is 23.9 Å². The number of pyridine rings is 1. The molecule has 2 heterocycles. The number of aromatic nitrogens is 1. The van der Waals surface area contributed by atoms with Gasteiger partial charge in [-0.25, -0.2) is 0 Å². The Kier molecular flexibility index (Phi) is 9.40. The standard InChI is InChI=1S/C30H30Cl2F2N2O4/c31-23-15-35-16-24(32)22(23)14-27(21-10-11-26(40-30(33)34)28(13-21)38-18-20-8-9-20)39-29(37)25-7-4-12-36(25)17-19-5-2-1-3-6-19/h1-3,5-6,10-11,13,15-16,20,25,27,30H,4,7-9,12,14,17-18H2. The smallest absolute Gasteiger partial charge is 0.387 e. The highest BCUT2D eigenvalue weighted by molar-refractivity contribution is 6.35. The van der Waals surface area contributed by atoms with E-state index < -0.39 is 18.8 Å². The van der Waals surface area contributed by atoms with Gasteiger partial charge in [0.15, 0.2) is 11.5 Å². The number of nitrogens with zero attached hydrogens (tertiary/aromatic N) is 2. The molecule has 0 spiro atoms. The number of carbonyl (C=O) groups is 1. The lowest BCUT2D eigenvalue weighted by molar-refractivity contribution is -0.155. The third-order valence-electron chi connectivity index (χ3n) is 7.19. The largest absolute Gasteiger partial charge is 0.489 e. The van der Waals surface area contributed by atoms with Crippen molar-refractivity contribution in [2.24, 2.45) is 5.92 Å². The zero-order valence-corrected chi connectivity index (χ0v) is 23.3. The number of rotatable bonds is 12. The first-order valence-corrected chi connectivity index (χ1v) is 14.1. The first kappa shape index (κ1) is 28.6. The molecule has 2 atom stereocenters. The van der Waals surface area contributed by atoms with Gasteiger partial charge in [-0.2, -0.15) is 8.78 Å². The van der Waals surface area contributed by atoms with E-state index >= 15 is 0 Å². The van der Waals surface area contributed by atoms with Crippen LogP contribution in [-0.2, 0) is 22.5 Å². The molecular formula is C30H30Cl2F2N2O4. The molecule has 212 valence electrons. The number of benzene rings is 2. The van der Waals surface area contributed by atoms with E-state index in [2.05, 4.69) is 9.88 Å². The Hall–Kier alpha value is -2.94. The summed E-state index contributed by atoms with van der Waals surface area (Å²) in [6.45, 7) is -1.20. The van der Waals surface area contributed by atoms with Crippen molar-refractivity contribution < 1.29 is 27.8 Å². The van der Waals surface area contributed by atoms with E-state index in [0.29, 0.717) is 46.7 Å². The summed E-state index contributed by atoms with van der Waals surface area (Å²) in [7, 11) is 0. The summed E-state index contributed by atoms with van der Waals surface area (Å²) < 4.78 is 42.9. The van der Waals surface area contributed by atoms with Crippen LogP contribution in [0, 0.1) is 5.92 Å². The minimum absolute atomic E-state index is 0.0747. The maximum absolute atomic E-state index is 13.6. The predicted molar refractivity (Wildman–Crippen MR) is 148 cm³/mol. The Morgan fingerprint density at radius 1 is 1.02 bits per heavy atom. The highest BCUT2D eigenvalue weighted by atomic mass is 35.5. The fraction of sp³-hybridized carbons (Fsp3) is 0.400. The summed E-state index contributed by atoms with van der Waals surface area (Å²) in [6.07, 6.45) is 5.91. The van der Waals surface area contributed by atoms with Crippen LogP contribution in [0.4, 0.5) is 8.78 Å². The van der Waals surface area contributed by atoms with Gasteiger partial charge in [-0.3, -0.25) is 14.7 Å². The van der Waals surface area contributed by atoms with Crippen molar-refractivity contribution in [1.82, 2.24) is 9.88 Å². The van der Waals surface area contributed by atoms with E-state index in [4.69, 9.17) is 37.4 Å². The second-order valence-electron chi connectivity index (χ2n) is 10.2. The quantitative estimate of drug-likeness (QED) is 0.207. The van der Waals surface area contributed by atoms with Gasteiger partial charge in [0.25, 0.3) is 0 Å². The number of esters is 1. The summed E-state index contributed by atoms with van der Waals surface area (Å²) >= 11 is 12.8. The maximum atomic E-state index is 13.6. The fourth-order valence-electron chi connectivity index (χ4n) is 4.89. The van der Waals surface area contributed by atoms with Crippen molar-refractivity contribution in [3.63, 3.8) is 0 Å². The summed E-state index contributed by atoms with van der Waals surface area (Å²) in [5, 5.41) is 0.672. The predicted octanol–water partition coefficient (Wildman–Crippen LogP) is 7.27. The first-order chi connectivity index (χ1) is 19.4. The lowest BCUT2D eigenvalue weighted by Crippen LogP contribution is -2.37. The molecule has 2 fully saturated rings. The van der Waals surface area contributed by atoms with Gasteiger partial charge in [-0.15, -0.1) is 0 Å². The molecule has 1 saturated heterocycles. The van der Waals surface area contributed by atoms with Crippen molar-refractivity contribution in [2.75, 3.05) is 13.2 Å². The third-order valence-corrected chi connectivity index (χ3v) is 7.84. The van der Waals surface area contributed by atoms with Gasteiger partial charge in [0, 0.05) is 25.4 Å². The first-order valence-electron chi connectivity index (χ1n) is 13.3. The van der Waals surface area contributed by atoms with Crippen LogP contribution in [0.1, 0.15) is 48.5 Å². The van der Waals surface area contributed by atoms with Gasteiger partial charge < -0.3 is 14.2 Å². The Morgan fingerprint density at radius 2 is 1.77 bits per heavy atom. The number of likely N-dealkylation sites (tertiary alicyclic amines) is 1. The number of hydrogen-bond donors (Lipinski definition) is 0. The van der Waals surface area contributed by atoms with E-state index in [1.54, 1.807) is 12.1 Å². The highest BCUT2D eigenvalue weighted by Gasteiger charge is 2.34. The molecule has 1 aliphatic heterocycles. The topological polar surface area (TPSA) is 60.9 Å². The molecule has 0 bridgehead atoms. The van der Waals surface area contributed by atoms with Gasteiger partial charge in [0.2, 0.25) is 0 Å². The third kappa shape index (κ3) is 7.42. The molecule has 0 radical (unpaired) electrons. The number of hydrogen-bond acceptors (Lipinski definition) is 6. The minimum atomic E-state index is -3.00. The summed E-state index contributed by atoms with van der Waals surface area (Å²) in [6, 6.07) is 14.2. The van der Waals surface area contributed by atoms with E-state index in [9.17, 15) is 13.6 Å². The van der Waals surface area contributed by atoms with E-state index in [0.717, 1.165) is 31.4 Å². The molecule has 1 aromatic heterocycles. The number of carbonyl (C=O) groups excluding carboxylic acids is 1. The minimum Gasteiger partial charge on any atom is -0.489 e. The molecule has 2 aromatic carbocycles. The number of alkyl halides is 2. The van der Waals surface area contributed by atoms with Gasteiger partial charge in [0.1, 0.15) is 12.1 Å². The molecule has 1 aliphatic carbocycles. The summed E-state index contributed by atoms with van der Waals surface area (Å²) in [5.41, 5.74) is 2.23. The second kappa shape index (κ2) is 13.1. The second-order valence-corrected chi connectivity index (χ2v) is 11.0. The van der Waals surface area contributed by atoms with Crippen LogP contribution in [0.5, 0.6) is 11.5 Å².